The second-order valence-corrected chi connectivity index (χ2v) is 14.3. The third kappa shape index (κ3) is 13.9. The number of rotatable bonds is 21. The summed E-state index contributed by atoms with van der Waals surface area (Å²) in [5.41, 5.74) is 5.26. The van der Waals surface area contributed by atoms with E-state index in [0.717, 1.165) is 32.2 Å². The van der Waals surface area contributed by atoms with Crippen LogP contribution in [0.3, 0.4) is 0 Å². The Labute approximate surface area is 299 Å². The zero-order chi connectivity index (χ0) is 34.2. The zero-order valence-corrected chi connectivity index (χ0v) is 30.6. The van der Waals surface area contributed by atoms with Crippen molar-refractivity contribution in [1.82, 2.24) is 4.98 Å². The average Bonchev–Trinajstić information content (AvgIpc) is 3.10. The van der Waals surface area contributed by atoms with Gasteiger partial charge >= 0.3 is 0 Å². The van der Waals surface area contributed by atoms with Crippen molar-refractivity contribution in [3.8, 4) is 0 Å². The molecular formula is C39H52ClN3O5S. The second-order valence-electron chi connectivity index (χ2n) is 12.8. The lowest BCUT2D eigenvalue weighted by Gasteiger charge is -2.29. The number of benzene rings is 1. The molecule has 8 nitrogen and oxygen atoms in total. The molecule has 0 amide bonds. The summed E-state index contributed by atoms with van der Waals surface area (Å²) in [7, 11) is -2.54. The molecule has 0 spiro atoms. The van der Waals surface area contributed by atoms with Crippen molar-refractivity contribution < 1.29 is 44.0 Å². The van der Waals surface area contributed by atoms with Crippen molar-refractivity contribution in [2.45, 2.75) is 82.7 Å². The summed E-state index contributed by atoms with van der Waals surface area (Å²) in [6, 6.07) is 24.0. The first-order valence-electron chi connectivity index (χ1n) is 17.2. The Bertz CT molecular complexity index is 1580. The molecule has 0 aliphatic heterocycles. The number of nitrogens with zero attached hydrogens (tertiary/aromatic N) is 3. The van der Waals surface area contributed by atoms with Crippen molar-refractivity contribution in [1.29, 1.82) is 0 Å². The molecule has 0 aliphatic carbocycles. The first kappa shape index (κ1) is 40.2. The van der Waals surface area contributed by atoms with Crippen LogP contribution in [0.1, 0.15) is 91.9 Å². The lowest BCUT2D eigenvalue weighted by atomic mass is 9.75. The largest absolute Gasteiger partial charge is 1.00 e. The van der Waals surface area contributed by atoms with Gasteiger partial charge in [0.25, 0.3) is 0 Å². The van der Waals surface area contributed by atoms with Crippen LogP contribution in [0.2, 0.25) is 0 Å². The van der Waals surface area contributed by atoms with Gasteiger partial charge in [-0.05, 0) is 83.7 Å². The van der Waals surface area contributed by atoms with E-state index in [1.807, 2.05) is 29.4 Å². The van der Waals surface area contributed by atoms with E-state index in [1.165, 1.54) is 22.3 Å². The lowest BCUT2D eigenvalue weighted by molar-refractivity contribution is -0.698. The Morgan fingerprint density at radius 2 is 1.27 bits per heavy atom. The number of hydrogen-bond acceptors (Lipinski definition) is 6. The summed E-state index contributed by atoms with van der Waals surface area (Å²) >= 11 is 0. The van der Waals surface area contributed by atoms with Crippen LogP contribution in [-0.4, -0.2) is 50.6 Å². The van der Waals surface area contributed by atoms with Crippen LogP contribution in [0.15, 0.2) is 104 Å². The van der Waals surface area contributed by atoms with E-state index in [2.05, 4.69) is 103 Å². The molecule has 3 heterocycles. The number of pyridine rings is 3. The maximum absolute atomic E-state index is 11.1. The van der Waals surface area contributed by atoms with Crippen LogP contribution in [0.5, 0.6) is 0 Å². The molecule has 4 atom stereocenters. The third-order valence-electron chi connectivity index (χ3n) is 9.33. The molecule has 0 fully saturated rings. The minimum Gasteiger partial charge on any atom is -1.00 e. The van der Waals surface area contributed by atoms with Gasteiger partial charge in [0, 0.05) is 55.9 Å². The highest BCUT2D eigenvalue weighted by Crippen LogP contribution is 2.41. The summed E-state index contributed by atoms with van der Waals surface area (Å²) in [5, 5.41) is 0. The van der Waals surface area contributed by atoms with E-state index >= 15 is 0 Å². The van der Waals surface area contributed by atoms with Gasteiger partial charge in [-0.25, -0.2) is 17.6 Å². The molecule has 0 aliphatic rings. The van der Waals surface area contributed by atoms with Crippen LogP contribution in [0, 0.1) is 0 Å². The first-order chi connectivity index (χ1) is 23.3. The molecule has 10 heteroatoms. The molecule has 0 saturated carbocycles. The second kappa shape index (κ2) is 21.1. The fourth-order valence-corrected chi connectivity index (χ4v) is 7.04. The molecular weight excluding hydrogens is 658 g/mol. The standard InChI is InChI=1S/C39H52N3O5S.ClH/c1-4-33(35-11-17-40-18-12-35)30-39(37-13-20-41(21-14-37)19-8-28-48(43,44)45)31-38(29-32(2)34-9-6-5-7-10-34)36-15-22-42(23-16-36)24-25-47-27-26-46-3;/h5-7,9-18,20-23,32-33,38-39H,4,8,19,24-31H2,1-3H3;1H/q+1;/p-1. The molecule has 49 heavy (non-hydrogen) atoms. The molecule has 1 aromatic carbocycles. The van der Waals surface area contributed by atoms with Crippen molar-refractivity contribution in [3.63, 3.8) is 0 Å². The predicted molar refractivity (Wildman–Crippen MR) is 187 cm³/mol. The van der Waals surface area contributed by atoms with Crippen molar-refractivity contribution in [2.24, 2.45) is 0 Å². The molecule has 0 bridgehead atoms. The lowest BCUT2D eigenvalue weighted by Crippen LogP contribution is -3.00. The molecule has 0 radical (unpaired) electrons. The molecule has 4 aromatic rings. The van der Waals surface area contributed by atoms with E-state index in [1.54, 1.807) is 7.11 Å². The molecule has 4 unspecified atom stereocenters. The molecule has 266 valence electrons. The van der Waals surface area contributed by atoms with Gasteiger partial charge in [0.15, 0.2) is 31.3 Å². The van der Waals surface area contributed by atoms with E-state index in [4.69, 9.17) is 9.47 Å². The maximum Gasteiger partial charge on any atom is 0.171 e. The van der Waals surface area contributed by atoms with Crippen molar-refractivity contribution >= 4 is 10.1 Å². The minimum absolute atomic E-state index is 0. The van der Waals surface area contributed by atoms with E-state index < -0.39 is 10.1 Å². The fourth-order valence-electron chi connectivity index (χ4n) is 6.56. The highest BCUT2D eigenvalue weighted by molar-refractivity contribution is 7.85. The predicted octanol–water partition coefficient (Wildman–Crippen LogP) is 3.29. The van der Waals surface area contributed by atoms with Gasteiger partial charge in [0.1, 0.15) is 13.2 Å². The Morgan fingerprint density at radius 3 is 1.84 bits per heavy atom. The van der Waals surface area contributed by atoms with Gasteiger partial charge in [-0.3, -0.25) is 4.98 Å². The average molecular weight is 710 g/mol. The Morgan fingerprint density at radius 1 is 0.714 bits per heavy atom. The quantitative estimate of drug-likeness (QED) is 0.0749. The number of aryl methyl sites for hydroxylation is 1. The normalized spacial score (nSPS) is 14.0. The number of aromatic nitrogens is 3. The molecule has 3 aromatic heterocycles. The van der Waals surface area contributed by atoms with E-state index in [-0.39, 0.29) is 24.1 Å². The number of methoxy groups -OCH3 is 1. The number of ether oxygens (including phenoxy) is 2. The Kier molecular flexibility index (Phi) is 17.3. The summed E-state index contributed by atoms with van der Waals surface area (Å²) in [5.74, 6) is 1.02. The number of halogens is 1. The van der Waals surface area contributed by atoms with Gasteiger partial charge in [-0.2, -0.15) is 0 Å². The zero-order valence-electron chi connectivity index (χ0n) is 29.1. The van der Waals surface area contributed by atoms with E-state index in [0.29, 0.717) is 50.5 Å². The van der Waals surface area contributed by atoms with Crippen LogP contribution < -0.4 is 21.5 Å². The Balaban J connectivity index is 0.00000650. The Hall–Kier alpha value is -3.21. The fraction of sp³-hybridized carbons (Fsp3) is 0.462. The van der Waals surface area contributed by atoms with Gasteiger partial charge in [-0.1, -0.05) is 44.2 Å². The van der Waals surface area contributed by atoms with Crippen molar-refractivity contribution in [3.05, 3.63) is 126 Å². The SMILES string of the molecule is CCC(CC(CC(CC(C)c1ccccc1)c1cc[n+](CCOCCOC)cc1)c1cc[n+](CCCS(=O)(=O)[O-])cc1)c1ccncc1.[Cl-]. The highest BCUT2D eigenvalue weighted by Gasteiger charge is 2.26. The summed E-state index contributed by atoms with van der Waals surface area (Å²) in [6.45, 7) is 7.69. The maximum atomic E-state index is 11.1. The minimum atomic E-state index is -4.22. The van der Waals surface area contributed by atoms with E-state index in [9.17, 15) is 13.0 Å². The van der Waals surface area contributed by atoms with Crippen LogP contribution in [0.25, 0.3) is 0 Å². The highest BCUT2D eigenvalue weighted by atomic mass is 35.5. The first-order valence-corrected chi connectivity index (χ1v) is 18.8. The van der Waals surface area contributed by atoms with Crippen LogP contribution in [0.4, 0.5) is 0 Å². The number of hydrogen-bond donors (Lipinski definition) is 0. The summed E-state index contributed by atoms with van der Waals surface area (Å²) in [6.07, 6.45) is 16.5. The monoisotopic (exact) mass is 709 g/mol. The summed E-state index contributed by atoms with van der Waals surface area (Å²) in [4.78, 5) is 4.26. The molecule has 0 saturated heterocycles. The van der Waals surface area contributed by atoms with Crippen LogP contribution in [-0.2, 0) is 32.7 Å². The van der Waals surface area contributed by atoms with Crippen molar-refractivity contribution in [2.75, 3.05) is 32.7 Å². The van der Waals surface area contributed by atoms with Crippen LogP contribution >= 0.6 is 0 Å². The van der Waals surface area contributed by atoms with Gasteiger partial charge < -0.3 is 26.4 Å². The van der Waals surface area contributed by atoms with Gasteiger partial charge in [0.2, 0.25) is 0 Å². The third-order valence-corrected chi connectivity index (χ3v) is 10.1. The molecule has 0 N–H and O–H groups in total. The van der Waals surface area contributed by atoms with Gasteiger partial charge in [0.05, 0.1) is 23.3 Å². The topological polar surface area (TPSA) is 96.3 Å². The smallest absolute Gasteiger partial charge is 0.171 e. The van der Waals surface area contributed by atoms with Gasteiger partial charge in [-0.15, -0.1) is 0 Å². The molecule has 4 rings (SSSR count). The summed E-state index contributed by atoms with van der Waals surface area (Å²) < 4.78 is 48.3.